The smallest absolute Gasteiger partial charge is 0.489 e. The molecule has 0 fully saturated rings. The third kappa shape index (κ3) is 5.00. The zero-order chi connectivity index (χ0) is 23.2. The number of halogens is 14. The summed E-state index contributed by atoms with van der Waals surface area (Å²) >= 11 is 0. The van der Waals surface area contributed by atoms with Crippen LogP contribution in [-0.2, 0) is 9.22 Å². The number of carbonyl (C=O) groups excluding carboxylic acids is 1. The van der Waals surface area contributed by atoms with Crippen LogP contribution in [-0.4, -0.2) is 50.3 Å². The fourth-order valence-electron chi connectivity index (χ4n) is 1.58. The molecule has 0 atom stereocenters. The summed E-state index contributed by atoms with van der Waals surface area (Å²) in [6.45, 7) is 1.18. The van der Waals surface area contributed by atoms with Crippen LogP contribution >= 0.6 is 0 Å². The lowest BCUT2D eigenvalue weighted by Gasteiger charge is -2.38. The summed E-state index contributed by atoms with van der Waals surface area (Å²) in [5.74, 6) is -31.5. The first-order valence-electron chi connectivity index (χ1n) is 6.72. The Hall–Kier alpha value is -1.29. The second-order valence-corrected chi connectivity index (χ2v) is 10.3. The molecular weight excluding hydrogens is 458 g/mol. The van der Waals surface area contributed by atoms with Gasteiger partial charge in [0.25, 0.3) is 0 Å². The van der Waals surface area contributed by atoms with E-state index in [1.807, 2.05) is 0 Å². The second-order valence-electron chi connectivity index (χ2n) is 6.07. The molecular formula is C11H10F14O2Si. The summed E-state index contributed by atoms with van der Waals surface area (Å²) in [7, 11) is -4.24. The molecule has 0 aliphatic heterocycles. The van der Waals surface area contributed by atoms with Crippen molar-refractivity contribution in [2.45, 2.75) is 61.6 Å². The van der Waals surface area contributed by atoms with Gasteiger partial charge in [-0.1, -0.05) is 0 Å². The highest BCUT2D eigenvalue weighted by molar-refractivity contribution is 6.72. The van der Waals surface area contributed by atoms with Gasteiger partial charge in [0.2, 0.25) is 8.32 Å². The zero-order valence-electron chi connectivity index (χ0n) is 13.5. The summed E-state index contributed by atoms with van der Waals surface area (Å²) in [6.07, 6.45) is -15.5. The molecule has 0 aliphatic carbocycles. The topological polar surface area (TPSA) is 26.3 Å². The zero-order valence-corrected chi connectivity index (χ0v) is 14.5. The van der Waals surface area contributed by atoms with Gasteiger partial charge in [0.1, 0.15) is 0 Å². The lowest BCUT2D eigenvalue weighted by Crippen LogP contribution is -2.66. The number of hydrogen-bond donors (Lipinski definition) is 0. The van der Waals surface area contributed by atoms with Crippen LogP contribution in [0.2, 0.25) is 19.1 Å². The fraction of sp³-hybridized carbons (Fsp3) is 0.909. The first kappa shape index (κ1) is 26.7. The maximum absolute atomic E-state index is 13.4. The SMILES string of the molecule is C[Si](C)(CCC(F)(F)C(F)(F)C(F)(F)C(F)(F)C(F)(F)F)OC(=O)C(F)(F)F. The van der Waals surface area contributed by atoms with Gasteiger partial charge in [0.05, 0.1) is 0 Å². The molecule has 0 aromatic heterocycles. The van der Waals surface area contributed by atoms with E-state index in [4.69, 9.17) is 0 Å². The van der Waals surface area contributed by atoms with Crippen molar-refractivity contribution in [2.24, 2.45) is 0 Å². The van der Waals surface area contributed by atoms with Gasteiger partial charge in [-0.3, -0.25) is 0 Å². The van der Waals surface area contributed by atoms with Gasteiger partial charge in [-0.05, 0) is 19.1 Å². The van der Waals surface area contributed by atoms with E-state index >= 15 is 0 Å². The summed E-state index contributed by atoms with van der Waals surface area (Å²) < 4.78 is 180. The van der Waals surface area contributed by atoms with Gasteiger partial charge in [0, 0.05) is 6.42 Å². The predicted molar refractivity (Wildman–Crippen MR) is 64.9 cm³/mol. The molecule has 0 aliphatic rings. The minimum Gasteiger partial charge on any atom is -0.513 e. The quantitative estimate of drug-likeness (QED) is 0.349. The normalized spacial score (nSPS) is 15.6. The first-order valence-corrected chi connectivity index (χ1v) is 9.83. The highest BCUT2D eigenvalue weighted by Crippen LogP contribution is 2.58. The van der Waals surface area contributed by atoms with Crippen molar-refractivity contribution in [1.29, 1.82) is 0 Å². The van der Waals surface area contributed by atoms with Crippen LogP contribution in [0.4, 0.5) is 61.5 Å². The van der Waals surface area contributed by atoms with Crippen LogP contribution < -0.4 is 0 Å². The summed E-state index contributed by atoms with van der Waals surface area (Å²) in [6, 6.07) is -1.59. The lowest BCUT2D eigenvalue weighted by atomic mass is 9.96. The molecule has 0 aromatic carbocycles. The summed E-state index contributed by atoms with van der Waals surface area (Å²) in [5, 5.41) is 0. The lowest BCUT2D eigenvalue weighted by molar-refractivity contribution is -0.422. The second kappa shape index (κ2) is 7.19. The Morgan fingerprint density at radius 2 is 1.11 bits per heavy atom. The van der Waals surface area contributed by atoms with Gasteiger partial charge in [-0.15, -0.1) is 0 Å². The molecule has 0 bridgehead atoms. The van der Waals surface area contributed by atoms with Crippen molar-refractivity contribution in [3.63, 3.8) is 0 Å². The van der Waals surface area contributed by atoms with E-state index in [-0.39, 0.29) is 0 Å². The monoisotopic (exact) mass is 468 g/mol. The highest BCUT2D eigenvalue weighted by Gasteiger charge is 2.86. The third-order valence-electron chi connectivity index (χ3n) is 3.25. The third-order valence-corrected chi connectivity index (χ3v) is 5.44. The Morgan fingerprint density at radius 3 is 1.43 bits per heavy atom. The van der Waals surface area contributed by atoms with E-state index in [0.717, 1.165) is 0 Å². The predicted octanol–water partition coefficient (Wildman–Crippen LogP) is 5.79. The van der Waals surface area contributed by atoms with Crippen LogP contribution in [0.5, 0.6) is 0 Å². The van der Waals surface area contributed by atoms with Crippen LogP contribution in [0.25, 0.3) is 0 Å². The van der Waals surface area contributed by atoms with E-state index in [2.05, 4.69) is 4.43 Å². The van der Waals surface area contributed by atoms with Crippen molar-refractivity contribution >= 4 is 14.3 Å². The molecule has 0 unspecified atom stereocenters. The van der Waals surface area contributed by atoms with Gasteiger partial charge >= 0.3 is 42.0 Å². The fourth-order valence-corrected chi connectivity index (χ4v) is 3.22. The van der Waals surface area contributed by atoms with Gasteiger partial charge in [-0.2, -0.15) is 61.5 Å². The Labute approximate surface area is 147 Å². The van der Waals surface area contributed by atoms with Crippen molar-refractivity contribution in [1.82, 2.24) is 0 Å². The Bertz CT molecular complexity index is 577. The maximum atomic E-state index is 13.4. The molecule has 2 nitrogen and oxygen atoms in total. The molecule has 0 aromatic rings. The molecule has 168 valence electrons. The van der Waals surface area contributed by atoms with E-state index in [0.29, 0.717) is 13.1 Å². The molecule has 0 amide bonds. The average Bonchev–Trinajstić information content (AvgIpc) is 2.42. The molecule has 17 heteroatoms. The summed E-state index contributed by atoms with van der Waals surface area (Å²) in [4.78, 5) is 10.6. The molecule has 0 saturated heterocycles. The van der Waals surface area contributed by atoms with Crippen molar-refractivity contribution in [3.8, 4) is 0 Å². The molecule has 0 N–H and O–H groups in total. The molecule has 0 spiro atoms. The van der Waals surface area contributed by atoms with Crippen molar-refractivity contribution in [2.75, 3.05) is 0 Å². The Morgan fingerprint density at radius 1 is 0.714 bits per heavy atom. The minimum absolute atomic E-state index is 0.591. The van der Waals surface area contributed by atoms with E-state index in [9.17, 15) is 66.3 Å². The van der Waals surface area contributed by atoms with Crippen LogP contribution in [0.15, 0.2) is 0 Å². The van der Waals surface area contributed by atoms with Crippen molar-refractivity contribution in [3.05, 3.63) is 0 Å². The van der Waals surface area contributed by atoms with Crippen LogP contribution in [0, 0.1) is 0 Å². The highest BCUT2D eigenvalue weighted by atomic mass is 28.4. The standard InChI is InChI=1S/C11H10F14O2Si/c1-28(2,27-5(26)7(14,15)16)4-3-6(12,13)8(17,18)9(19,20)10(21,22)11(23,24)25/h3-4H2,1-2H3. The molecule has 0 saturated carbocycles. The van der Waals surface area contributed by atoms with Gasteiger partial charge in [0.15, 0.2) is 0 Å². The summed E-state index contributed by atoms with van der Waals surface area (Å²) in [5.41, 5.74) is 0. The van der Waals surface area contributed by atoms with E-state index in [1.54, 1.807) is 0 Å². The molecule has 0 rings (SSSR count). The van der Waals surface area contributed by atoms with Crippen molar-refractivity contribution < 1.29 is 70.7 Å². The average molecular weight is 468 g/mol. The number of alkyl halides is 14. The van der Waals surface area contributed by atoms with Crippen LogP contribution in [0.3, 0.4) is 0 Å². The Balaban J connectivity index is 5.61. The maximum Gasteiger partial charge on any atom is 0.489 e. The number of hydrogen-bond acceptors (Lipinski definition) is 2. The van der Waals surface area contributed by atoms with E-state index in [1.165, 1.54) is 0 Å². The molecule has 0 radical (unpaired) electrons. The van der Waals surface area contributed by atoms with Crippen LogP contribution in [0.1, 0.15) is 6.42 Å². The first-order chi connectivity index (χ1) is 11.8. The molecule has 0 heterocycles. The van der Waals surface area contributed by atoms with E-state index < -0.39 is 62.8 Å². The molecule has 28 heavy (non-hydrogen) atoms. The van der Waals surface area contributed by atoms with Gasteiger partial charge in [-0.25, -0.2) is 4.79 Å². The largest absolute Gasteiger partial charge is 0.513 e. The van der Waals surface area contributed by atoms with Gasteiger partial charge < -0.3 is 4.43 Å². The number of rotatable bonds is 7. The Kier molecular flexibility index (Phi) is 6.86. The number of carbonyl (C=O) groups is 1. The minimum atomic E-state index is -7.60.